The third-order valence-electron chi connectivity index (χ3n) is 4.20. The number of fused-ring (bicyclic) bond motifs is 1. The summed E-state index contributed by atoms with van der Waals surface area (Å²) in [7, 11) is 0. The van der Waals surface area contributed by atoms with Gasteiger partial charge in [0, 0.05) is 29.1 Å². The summed E-state index contributed by atoms with van der Waals surface area (Å²) in [6, 6.07) is 4.94. The van der Waals surface area contributed by atoms with Gasteiger partial charge in [-0.05, 0) is 49.6 Å². The second-order valence-electron chi connectivity index (χ2n) is 6.20. The molecule has 0 aliphatic carbocycles. The lowest BCUT2D eigenvalue weighted by atomic mass is 10.2. The smallest absolute Gasteiger partial charge is 0.244 e. The van der Waals surface area contributed by atoms with Crippen molar-refractivity contribution in [2.45, 2.75) is 45.2 Å². The number of rotatable bonds is 4. The normalized spacial score (nSPS) is 15.6. The Morgan fingerprint density at radius 3 is 2.72 bits per heavy atom. The van der Waals surface area contributed by atoms with Crippen molar-refractivity contribution in [3.05, 3.63) is 51.5 Å². The number of hydrogen-bond donors (Lipinski definition) is 1. The molecule has 1 atom stereocenters. The van der Waals surface area contributed by atoms with Gasteiger partial charge in [0.15, 0.2) is 5.82 Å². The highest BCUT2D eigenvalue weighted by Gasteiger charge is 2.19. The third kappa shape index (κ3) is 4.61. The lowest BCUT2D eigenvalue weighted by Gasteiger charge is -2.14. The Balaban J connectivity index is 1.66. The molecule has 0 saturated carbocycles. The Morgan fingerprint density at radius 2 is 1.96 bits per heavy atom. The van der Waals surface area contributed by atoms with Crippen LogP contribution in [-0.4, -0.2) is 20.7 Å². The van der Waals surface area contributed by atoms with E-state index in [9.17, 15) is 4.79 Å². The van der Waals surface area contributed by atoms with Gasteiger partial charge in [-0.15, -0.1) is 10.2 Å². The lowest BCUT2D eigenvalue weighted by molar-refractivity contribution is -0.117. The van der Waals surface area contributed by atoms with Crippen molar-refractivity contribution in [3.8, 4) is 0 Å². The molecule has 1 N–H and O–H groups in total. The highest BCUT2D eigenvalue weighted by Crippen LogP contribution is 2.20. The minimum absolute atomic E-state index is 0.199. The van der Waals surface area contributed by atoms with Crippen LogP contribution < -0.4 is 5.32 Å². The van der Waals surface area contributed by atoms with Crippen molar-refractivity contribution in [3.63, 3.8) is 0 Å². The van der Waals surface area contributed by atoms with E-state index in [2.05, 4.69) is 20.1 Å². The summed E-state index contributed by atoms with van der Waals surface area (Å²) in [6.45, 7) is 2.83. The van der Waals surface area contributed by atoms with Gasteiger partial charge in [-0.25, -0.2) is 0 Å². The first-order valence-corrected chi connectivity index (χ1v) is 9.15. The fraction of sp³-hybridized carbons (Fsp3) is 0.389. The second-order valence-corrected chi connectivity index (χ2v) is 7.08. The summed E-state index contributed by atoms with van der Waals surface area (Å²) in [5.74, 6) is 1.62. The predicted molar refractivity (Wildman–Crippen MR) is 99.6 cm³/mol. The van der Waals surface area contributed by atoms with Crippen LogP contribution in [-0.2, 0) is 17.8 Å². The molecule has 0 unspecified atom stereocenters. The summed E-state index contributed by atoms with van der Waals surface area (Å²) in [6.07, 6.45) is 7.57. The maximum absolute atomic E-state index is 12.2. The number of halogens is 2. The van der Waals surface area contributed by atoms with Gasteiger partial charge in [-0.3, -0.25) is 4.79 Å². The lowest BCUT2D eigenvalue weighted by Crippen LogP contribution is -2.27. The first kappa shape index (κ1) is 18.0. The molecule has 132 valence electrons. The standard InChI is InChI=1S/C18H20Cl2N4O/c1-12(18-23-22-16-5-3-2-4-8-24(16)18)21-17(25)7-6-13-9-14(19)11-15(20)10-13/h6-7,9-12H,2-5,8H2,1H3,(H,21,25)/b7-6+/t12-/m0/s1. The molecule has 25 heavy (non-hydrogen) atoms. The molecule has 1 aliphatic heterocycles. The van der Waals surface area contributed by atoms with Crippen LogP contribution in [0, 0.1) is 0 Å². The largest absolute Gasteiger partial charge is 0.343 e. The van der Waals surface area contributed by atoms with Crippen LogP contribution in [0.5, 0.6) is 0 Å². The second kappa shape index (κ2) is 8.02. The number of benzene rings is 1. The molecule has 1 aromatic carbocycles. The molecule has 1 amide bonds. The number of hydrogen-bond acceptors (Lipinski definition) is 3. The molecule has 0 spiro atoms. The molecular weight excluding hydrogens is 359 g/mol. The molecule has 0 radical (unpaired) electrons. The van der Waals surface area contributed by atoms with Crippen LogP contribution in [0.1, 0.15) is 49.4 Å². The molecule has 0 fully saturated rings. The Hall–Kier alpha value is -1.85. The summed E-state index contributed by atoms with van der Waals surface area (Å²) < 4.78 is 2.14. The Bertz CT molecular complexity index is 780. The van der Waals surface area contributed by atoms with E-state index in [1.54, 1.807) is 24.3 Å². The average molecular weight is 379 g/mol. The first-order chi connectivity index (χ1) is 12.0. The van der Waals surface area contributed by atoms with Crippen LogP contribution >= 0.6 is 23.2 Å². The van der Waals surface area contributed by atoms with Crippen molar-refractivity contribution < 1.29 is 4.79 Å². The highest BCUT2D eigenvalue weighted by atomic mass is 35.5. The number of nitrogens with zero attached hydrogens (tertiary/aromatic N) is 3. The van der Waals surface area contributed by atoms with Crippen LogP contribution in [0.4, 0.5) is 0 Å². The molecule has 3 rings (SSSR count). The summed E-state index contributed by atoms with van der Waals surface area (Å²) >= 11 is 11.9. The zero-order valence-corrected chi connectivity index (χ0v) is 15.5. The average Bonchev–Trinajstić information content (AvgIpc) is 2.81. The van der Waals surface area contributed by atoms with E-state index in [1.807, 2.05) is 6.92 Å². The number of carbonyl (C=O) groups is 1. The topological polar surface area (TPSA) is 59.8 Å². The van der Waals surface area contributed by atoms with E-state index in [4.69, 9.17) is 23.2 Å². The van der Waals surface area contributed by atoms with E-state index in [0.717, 1.165) is 43.0 Å². The zero-order valence-electron chi connectivity index (χ0n) is 14.0. The van der Waals surface area contributed by atoms with Crippen molar-refractivity contribution in [2.24, 2.45) is 0 Å². The third-order valence-corrected chi connectivity index (χ3v) is 4.63. The minimum Gasteiger partial charge on any atom is -0.343 e. The van der Waals surface area contributed by atoms with E-state index >= 15 is 0 Å². The number of aromatic nitrogens is 3. The first-order valence-electron chi connectivity index (χ1n) is 8.39. The van der Waals surface area contributed by atoms with Gasteiger partial charge in [-0.2, -0.15) is 0 Å². The van der Waals surface area contributed by atoms with Crippen molar-refractivity contribution >= 4 is 35.2 Å². The van der Waals surface area contributed by atoms with Gasteiger partial charge >= 0.3 is 0 Å². The molecule has 0 saturated heterocycles. The molecule has 1 aliphatic rings. The van der Waals surface area contributed by atoms with Gasteiger partial charge in [0.1, 0.15) is 5.82 Å². The summed E-state index contributed by atoms with van der Waals surface area (Å²) in [4.78, 5) is 12.2. The molecular formula is C18H20Cl2N4O. The maximum atomic E-state index is 12.2. The van der Waals surface area contributed by atoms with Gasteiger partial charge in [0.25, 0.3) is 0 Å². The van der Waals surface area contributed by atoms with E-state index in [0.29, 0.717) is 10.0 Å². The molecule has 2 aromatic rings. The maximum Gasteiger partial charge on any atom is 0.244 e. The fourth-order valence-electron chi connectivity index (χ4n) is 3.00. The van der Waals surface area contributed by atoms with Gasteiger partial charge in [0.05, 0.1) is 6.04 Å². The minimum atomic E-state index is -0.209. The molecule has 0 bridgehead atoms. The van der Waals surface area contributed by atoms with Crippen molar-refractivity contribution in [2.75, 3.05) is 0 Å². The molecule has 1 aromatic heterocycles. The van der Waals surface area contributed by atoms with Crippen LogP contribution in [0.3, 0.4) is 0 Å². The Labute approximate surface area is 157 Å². The Morgan fingerprint density at radius 1 is 1.20 bits per heavy atom. The predicted octanol–water partition coefficient (Wildman–Crippen LogP) is 4.20. The number of amides is 1. The fourth-order valence-corrected chi connectivity index (χ4v) is 3.54. The molecule has 7 heteroatoms. The number of carbonyl (C=O) groups excluding carboxylic acids is 1. The monoisotopic (exact) mass is 378 g/mol. The van der Waals surface area contributed by atoms with Crippen molar-refractivity contribution in [1.82, 2.24) is 20.1 Å². The SMILES string of the molecule is C[C@H](NC(=O)/C=C/c1cc(Cl)cc(Cl)c1)c1nnc2n1CCCCC2. The van der Waals surface area contributed by atoms with Gasteiger partial charge in [0.2, 0.25) is 5.91 Å². The zero-order chi connectivity index (χ0) is 17.8. The summed E-state index contributed by atoms with van der Waals surface area (Å²) in [5.41, 5.74) is 0.775. The summed E-state index contributed by atoms with van der Waals surface area (Å²) in [5, 5.41) is 12.6. The van der Waals surface area contributed by atoms with Gasteiger partial charge < -0.3 is 9.88 Å². The van der Waals surface area contributed by atoms with Gasteiger partial charge in [-0.1, -0.05) is 29.6 Å². The number of nitrogens with one attached hydrogen (secondary N) is 1. The molecule has 2 heterocycles. The Kier molecular flexibility index (Phi) is 5.76. The van der Waals surface area contributed by atoms with E-state index < -0.39 is 0 Å². The van der Waals surface area contributed by atoms with Crippen molar-refractivity contribution in [1.29, 1.82) is 0 Å². The molecule has 5 nitrogen and oxygen atoms in total. The van der Waals surface area contributed by atoms with E-state index in [1.165, 1.54) is 12.5 Å². The van der Waals surface area contributed by atoms with E-state index in [-0.39, 0.29) is 11.9 Å². The quantitative estimate of drug-likeness (QED) is 0.810. The van der Waals surface area contributed by atoms with Crippen LogP contribution in [0.15, 0.2) is 24.3 Å². The van der Waals surface area contributed by atoms with Crippen LogP contribution in [0.25, 0.3) is 6.08 Å². The van der Waals surface area contributed by atoms with Crippen LogP contribution in [0.2, 0.25) is 10.0 Å². The highest BCUT2D eigenvalue weighted by molar-refractivity contribution is 6.34. The number of aryl methyl sites for hydroxylation is 1.